The smallest absolute Gasteiger partial charge is 0.166 e. The molecule has 0 atom stereocenters. The highest BCUT2D eigenvalue weighted by Crippen LogP contribution is 2.22. The molecule has 2 aliphatic rings. The van der Waals surface area contributed by atoms with E-state index >= 15 is 0 Å². The van der Waals surface area contributed by atoms with Crippen LogP contribution in [0.3, 0.4) is 0 Å². The van der Waals surface area contributed by atoms with Gasteiger partial charge in [0.25, 0.3) is 0 Å². The Bertz CT molecular complexity index is 235. The van der Waals surface area contributed by atoms with Crippen LogP contribution < -0.4 is 10.6 Å². The molecule has 0 aromatic carbocycles. The number of ether oxygens (including phenoxy) is 1. The average molecular weight is 242 g/mol. The van der Waals surface area contributed by atoms with Crippen LogP contribution in [0.4, 0.5) is 0 Å². The van der Waals surface area contributed by atoms with Crippen LogP contribution in [0.15, 0.2) is 0 Å². The monoisotopic (exact) mass is 242 g/mol. The first kappa shape index (κ1) is 12.1. The summed E-state index contributed by atoms with van der Waals surface area (Å²) in [6.45, 7) is 0. The molecule has 2 rings (SSSR count). The van der Waals surface area contributed by atoms with Crippen LogP contribution in [0, 0.1) is 0 Å². The van der Waals surface area contributed by atoms with Gasteiger partial charge in [0.15, 0.2) is 5.11 Å². The number of thiocarbonyl (C=S) groups is 1. The zero-order chi connectivity index (χ0) is 11.4. The molecule has 2 fully saturated rings. The van der Waals surface area contributed by atoms with Crippen molar-refractivity contribution in [2.75, 3.05) is 7.11 Å². The standard InChI is InChI=1S/C12H22N2OS/c1-15-11-7-10(8-11)14-12(16)13-9-5-3-2-4-6-9/h9-11H,2-8H2,1H3,(H2,13,14,16). The number of rotatable bonds is 3. The van der Waals surface area contributed by atoms with E-state index in [1.807, 2.05) is 0 Å². The summed E-state index contributed by atoms with van der Waals surface area (Å²) in [6.07, 6.45) is 9.23. The van der Waals surface area contributed by atoms with E-state index in [0.717, 1.165) is 18.0 Å². The Morgan fingerprint density at radius 1 is 1.06 bits per heavy atom. The van der Waals surface area contributed by atoms with Crippen molar-refractivity contribution in [3.63, 3.8) is 0 Å². The summed E-state index contributed by atoms with van der Waals surface area (Å²) in [5.41, 5.74) is 0. The van der Waals surface area contributed by atoms with Crippen LogP contribution in [-0.4, -0.2) is 30.4 Å². The minimum Gasteiger partial charge on any atom is -0.381 e. The number of hydrogen-bond donors (Lipinski definition) is 2. The normalized spacial score (nSPS) is 30.6. The van der Waals surface area contributed by atoms with Crippen LogP contribution in [0.5, 0.6) is 0 Å². The van der Waals surface area contributed by atoms with E-state index in [-0.39, 0.29) is 0 Å². The number of methoxy groups -OCH3 is 1. The minimum atomic E-state index is 0.440. The quantitative estimate of drug-likeness (QED) is 0.741. The Morgan fingerprint density at radius 3 is 2.31 bits per heavy atom. The molecule has 0 bridgehead atoms. The maximum absolute atomic E-state index is 5.32. The van der Waals surface area contributed by atoms with Gasteiger partial charge >= 0.3 is 0 Å². The van der Waals surface area contributed by atoms with Gasteiger partial charge in [0.05, 0.1) is 6.10 Å². The van der Waals surface area contributed by atoms with Crippen molar-refractivity contribution in [3.05, 3.63) is 0 Å². The third kappa shape index (κ3) is 3.32. The van der Waals surface area contributed by atoms with Gasteiger partial charge in [-0.1, -0.05) is 19.3 Å². The molecule has 0 heterocycles. The lowest BCUT2D eigenvalue weighted by Crippen LogP contribution is -2.52. The predicted octanol–water partition coefficient (Wildman–Crippen LogP) is 1.96. The van der Waals surface area contributed by atoms with Gasteiger partial charge in [-0.15, -0.1) is 0 Å². The molecular weight excluding hydrogens is 220 g/mol. The highest BCUT2D eigenvalue weighted by atomic mass is 32.1. The van der Waals surface area contributed by atoms with Gasteiger partial charge in [-0.25, -0.2) is 0 Å². The third-order valence-corrected chi connectivity index (χ3v) is 3.94. The number of nitrogens with one attached hydrogen (secondary N) is 2. The van der Waals surface area contributed by atoms with Crippen molar-refractivity contribution in [2.24, 2.45) is 0 Å². The van der Waals surface area contributed by atoms with E-state index in [1.165, 1.54) is 32.1 Å². The van der Waals surface area contributed by atoms with Crippen molar-refractivity contribution < 1.29 is 4.74 Å². The van der Waals surface area contributed by atoms with E-state index in [1.54, 1.807) is 7.11 Å². The summed E-state index contributed by atoms with van der Waals surface area (Å²) < 4.78 is 5.24. The highest BCUT2D eigenvalue weighted by Gasteiger charge is 2.29. The molecule has 16 heavy (non-hydrogen) atoms. The average Bonchev–Trinajstić information content (AvgIpc) is 2.24. The van der Waals surface area contributed by atoms with Gasteiger partial charge in [0, 0.05) is 19.2 Å². The first-order chi connectivity index (χ1) is 7.78. The van der Waals surface area contributed by atoms with Crippen LogP contribution in [0.25, 0.3) is 0 Å². The van der Waals surface area contributed by atoms with Gasteiger partial charge in [-0.3, -0.25) is 0 Å². The van der Waals surface area contributed by atoms with Crippen LogP contribution >= 0.6 is 12.2 Å². The van der Waals surface area contributed by atoms with Crippen molar-refractivity contribution in [2.45, 2.75) is 63.1 Å². The number of hydrogen-bond acceptors (Lipinski definition) is 2. The molecule has 0 amide bonds. The lowest BCUT2D eigenvalue weighted by atomic mass is 9.89. The Labute approximate surface area is 103 Å². The molecule has 2 N–H and O–H groups in total. The highest BCUT2D eigenvalue weighted by molar-refractivity contribution is 7.80. The van der Waals surface area contributed by atoms with E-state index in [2.05, 4.69) is 10.6 Å². The summed E-state index contributed by atoms with van der Waals surface area (Å²) >= 11 is 5.32. The Balaban J connectivity index is 1.61. The SMILES string of the molecule is COC1CC(NC(=S)NC2CCCCC2)C1. The molecule has 0 radical (unpaired) electrons. The van der Waals surface area contributed by atoms with E-state index in [4.69, 9.17) is 17.0 Å². The second kappa shape index (κ2) is 5.82. The molecule has 2 saturated carbocycles. The van der Waals surface area contributed by atoms with Crippen LogP contribution in [-0.2, 0) is 4.74 Å². The molecule has 0 spiro atoms. The molecular formula is C12H22N2OS. The second-order valence-corrected chi connectivity index (χ2v) is 5.39. The van der Waals surface area contributed by atoms with Crippen LogP contribution in [0.2, 0.25) is 0 Å². The molecule has 4 heteroatoms. The summed E-state index contributed by atoms with van der Waals surface area (Å²) in [7, 11) is 1.78. The molecule has 92 valence electrons. The Kier molecular flexibility index (Phi) is 4.41. The molecule has 0 aromatic heterocycles. The van der Waals surface area contributed by atoms with Crippen molar-refractivity contribution in [1.82, 2.24) is 10.6 Å². The summed E-state index contributed by atoms with van der Waals surface area (Å²) in [5, 5.41) is 7.64. The van der Waals surface area contributed by atoms with Gasteiger partial charge in [0.1, 0.15) is 0 Å². The van der Waals surface area contributed by atoms with Gasteiger partial charge in [0.2, 0.25) is 0 Å². The molecule has 0 aromatic rings. The molecule has 0 unspecified atom stereocenters. The van der Waals surface area contributed by atoms with Crippen molar-refractivity contribution >= 4 is 17.3 Å². The predicted molar refractivity (Wildman–Crippen MR) is 69.6 cm³/mol. The minimum absolute atomic E-state index is 0.440. The Hall–Kier alpha value is -0.350. The van der Waals surface area contributed by atoms with E-state index < -0.39 is 0 Å². The third-order valence-electron chi connectivity index (χ3n) is 3.70. The fraction of sp³-hybridized carbons (Fsp3) is 0.917. The maximum Gasteiger partial charge on any atom is 0.166 e. The summed E-state index contributed by atoms with van der Waals surface area (Å²) in [6, 6.07) is 1.13. The largest absolute Gasteiger partial charge is 0.381 e. The summed E-state index contributed by atoms with van der Waals surface area (Å²) in [5.74, 6) is 0. The van der Waals surface area contributed by atoms with E-state index in [9.17, 15) is 0 Å². The van der Waals surface area contributed by atoms with Gasteiger partial charge in [-0.2, -0.15) is 0 Å². The van der Waals surface area contributed by atoms with Gasteiger partial charge < -0.3 is 15.4 Å². The topological polar surface area (TPSA) is 33.3 Å². The lowest BCUT2D eigenvalue weighted by molar-refractivity contribution is 0.0225. The van der Waals surface area contributed by atoms with Crippen molar-refractivity contribution in [1.29, 1.82) is 0 Å². The molecule has 3 nitrogen and oxygen atoms in total. The maximum atomic E-state index is 5.32. The fourth-order valence-corrected chi connectivity index (χ4v) is 2.87. The lowest BCUT2D eigenvalue weighted by Gasteiger charge is -2.36. The molecule has 0 saturated heterocycles. The zero-order valence-electron chi connectivity index (χ0n) is 10.00. The van der Waals surface area contributed by atoms with Gasteiger partial charge in [-0.05, 0) is 37.9 Å². The molecule has 0 aliphatic heterocycles. The first-order valence-electron chi connectivity index (χ1n) is 6.37. The molecule has 2 aliphatic carbocycles. The van der Waals surface area contributed by atoms with Crippen LogP contribution in [0.1, 0.15) is 44.9 Å². The summed E-state index contributed by atoms with van der Waals surface area (Å²) in [4.78, 5) is 0. The zero-order valence-corrected chi connectivity index (χ0v) is 10.8. The fourth-order valence-electron chi connectivity index (χ4n) is 2.54. The second-order valence-electron chi connectivity index (χ2n) is 4.98. The first-order valence-corrected chi connectivity index (χ1v) is 6.78. The Morgan fingerprint density at radius 2 is 1.69 bits per heavy atom. The van der Waals surface area contributed by atoms with E-state index in [0.29, 0.717) is 18.2 Å². The van der Waals surface area contributed by atoms with Crippen molar-refractivity contribution in [3.8, 4) is 0 Å².